The number of fused-ring (bicyclic) bond motifs is 1. The summed E-state index contributed by atoms with van der Waals surface area (Å²) in [6, 6.07) is 7.90. The summed E-state index contributed by atoms with van der Waals surface area (Å²) in [5.74, 6) is 1.34. The lowest BCUT2D eigenvalue weighted by Gasteiger charge is -2.10. The van der Waals surface area contributed by atoms with Crippen molar-refractivity contribution in [2.45, 2.75) is 20.0 Å². The Kier molecular flexibility index (Phi) is 3.02. The molecule has 0 bridgehead atoms. The zero-order valence-electron chi connectivity index (χ0n) is 11.4. The van der Waals surface area contributed by atoms with E-state index in [-0.39, 0.29) is 6.10 Å². The molecule has 3 rings (SSSR count). The number of nitrogens with zero attached hydrogens (tertiary/aromatic N) is 2. The molecule has 0 aliphatic carbocycles. The molecule has 0 spiro atoms. The third-order valence-electron chi connectivity index (χ3n) is 3.04. The Morgan fingerprint density at radius 3 is 2.60 bits per heavy atom. The van der Waals surface area contributed by atoms with Crippen molar-refractivity contribution < 1.29 is 4.74 Å². The Morgan fingerprint density at radius 2 is 1.90 bits per heavy atom. The van der Waals surface area contributed by atoms with E-state index in [1.807, 2.05) is 38.1 Å². The average Bonchev–Trinajstić information content (AvgIpc) is 2.81. The van der Waals surface area contributed by atoms with Gasteiger partial charge in [0.15, 0.2) is 5.82 Å². The van der Waals surface area contributed by atoms with Gasteiger partial charge in [-0.1, -0.05) is 12.1 Å². The molecule has 0 fully saturated rings. The van der Waals surface area contributed by atoms with E-state index in [4.69, 9.17) is 10.5 Å². The predicted octanol–water partition coefficient (Wildman–Crippen LogP) is 2.99. The first kappa shape index (κ1) is 12.5. The van der Waals surface area contributed by atoms with E-state index >= 15 is 0 Å². The largest absolute Gasteiger partial charge is 0.491 e. The third kappa shape index (κ3) is 2.18. The summed E-state index contributed by atoms with van der Waals surface area (Å²) >= 11 is 0. The van der Waals surface area contributed by atoms with Gasteiger partial charge in [-0.25, -0.2) is 0 Å². The highest BCUT2D eigenvalue weighted by Crippen LogP contribution is 2.31. The van der Waals surface area contributed by atoms with E-state index in [1.165, 1.54) is 0 Å². The zero-order chi connectivity index (χ0) is 14.1. The quantitative estimate of drug-likeness (QED) is 0.765. The summed E-state index contributed by atoms with van der Waals surface area (Å²) in [6.45, 7) is 4.01. The average molecular weight is 268 g/mol. The second-order valence-electron chi connectivity index (χ2n) is 4.91. The van der Waals surface area contributed by atoms with Gasteiger partial charge < -0.3 is 10.5 Å². The van der Waals surface area contributed by atoms with E-state index in [0.717, 1.165) is 27.8 Å². The molecule has 0 aliphatic rings. The fraction of sp³-hybridized carbons (Fsp3) is 0.200. The normalized spacial score (nSPS) is 11.2. The van der Waals surface area contributed by atoms with Gasteiger partial charge in [0.05, 0.1) is 23.2 Å². The fourth-order valence-corrected chi connectivity index (χ4v) is 2.20. The van der Waals surface area contributed by atoms with Crippen molar-refractivity contribution in [1.29, 1.82) is 0 Å². The zero-order valence-corrected chi connectivity index (χ0v) is 11.4. The molecule has 5 nitrogen and oxygen atoms in total. The van der Waals surface area contributed by atoms with Gasteiger partial charge in [-0.2, -0.15) is 5.10 Å². The smallest absolute Gasteiger partial charge is 0.153 e. The molecule has 2 heterocycles. The number of aromatic amines is 1. The summed E-state index contributed by atoms with van der Waals surface area (Å²) in [5.41, 5.74) is 8.75. The SMILES string of the molecule is CC(C)Oc1ccc(-c2cncc3[nH]nc(N)c23)cc1. The van der Waals surface area contributed by atoms with Crippen LogP contribution >= 0.6 is 0 Å². The number of anilines is 1. The maximum absolute atomic E-state index is 5.92. The second-order valence-corrected chi connectivity index (χ2v) is 4.91. The predicted molar refractivity (Wildman–Crippen MR) is 79.5 cm³/mol. The Labute approximate surface area is 116 Å². The number of aromatic nitrogens is 3. The fourth-order valence-electron chi connectivity index (χ4n) is 2.20. The molecule has 0 saturated heterocycles. The standard InChI is InChI=1S/C15H16N4O/c1-9(2)20-11-5-3-10(4-6-11)12-7-17-8-13-14(12)15(16)19-18-13/h3-9H,1-2H3,(H3,16,18,19). The van der Waals surface area contributed by atoms with Gasteiger partial charge in [0.25, 0.3) is 0 Å². The summed E-state index contributed by atoms with van der Waals surface area (Å²) in [6.07, 6.45) is 3.68. The molecular weight excluding hydrogens is 252 g/mol. The van der Waals surface area contributed by atoms with E-state index in [0.29, 0.717) is 5.82 Å². The Bertz CT molecular complexity index is 731. The van der Waals surface area contributed by atoms with Crippen molar-refractivity contribution >= 4 is 16.7 Å². The highest BCUT2D eigenvalue weighted by atomic mass is 16.5. The van der Waals surface area contributed by atoms with Crippen LogP contribution in [0.15, 0.2) is 36.7 Å². The summed E-state index contributed by atoms with van der Waals surface area (Å²) in [4.78, 5) is 4.22. The first-order valence-corrected chi connectivity index (χ1v) is 6.50. The van der Waals surface area contributed by atoms with Gasteiger partial charge in [-0.05, 0) is 31.5 Å². The van der Waals surface area contributed by atoms with E-state index in [9.17, 15) is 0 Å². The van der Waals surface area contributed by atoms with Crippen LogP contribution in [-0.4, -0.2) is 21.3 Å². The Hall–Kier alpha value is -2.56. The number of nitrogens with two attached hydrogens (primary N) is 1. The van der Waals surface area contributed by atoms with Crippen LogP contribution in [0.2, 0.25) is 0 Å². The van der Waals surface area contributed by atoms with Gasteiger partial charge in [-0.3, -0.25) is 10.1 Å². The van der Waals surface area contributed by atoms with Crippen molar-refractivity contribution in [3.63, 3.8) is 0 Å². The third-order valence-corrected chi connectivity index (χ3v) is 3.04. The highest BCUT2D eigenvalue weighted by molar-refractivity contribution is 6.00. The number of pyridine rings is 1. The molecule has 3 N–H and O–H groups in total. The maximum atomic E-state index is 5.92. The van der Waals surface area contributed by atoms with Crippen LogP contribution in [0.5, 0.6) is 5.75 Å². The van der Waals surface area contributed by atoms with Crippen LogP contribution in [0.1, 0.15) is 13.8 Å². The number of rotatable bonds is 3. The van der Waals surface area contributed by atoms with Crippen molar-refractivity contribution in [1.82, 2.24) is 15.2 Å². The second kappa shape index (κ2) is 4.85. The number of H-pyrrole nitrogens is 1. The Balaban J connectivity index is 2.05. The Morgan fingerprint density at radius 1 is 1.15 bits per heavy atom. The first-order valence-electron chi connectivity index (χ1n) is 6.50. The van der Waals surface area contributed by atoms with Gasteiger partial charge in [0, 0.05) is 11.8 Å². The maximum Gasteiger partial charge on any atom is 0.153 e. The molecule has 0 unspecified atom stereocenters. The topological polar surface area (TPSA) is 76.8 Å². The highest BCUT2D eigenvalue weighted by Gasteiger charge is 2.10. The molecular formula is C15H16N4O. The van der Waals surface area contributed by atoms with Crippen molar-refractivity contribution in [3.05, 3.63) is 36.7 Å². The lowest BCUT2D eigenvalue weighted by molar-refractivity contribution is 0.242. The monoisotopic (exact) mass is 268 g/mol. The number of hydrogen-bond acceptors (Lipinski definition) is 4. The minimum Gasteiger partial charge on any atom is -0.491 e. The number of benzene rings is 1. The first-order chi connectivity index (χ1) is 9.65. The number of ether oxygens (including phenoxy) is 1. The van der Waals surface area contributed by atoms with Gasteiger partial charge in [0.2, 0.25) is 0 Å². The van der Waals surface area contributed by atoms with Crippen LogP contribution in [0, 0.1) is 0 Å². The molecule has 102 valence electrons. The van der Waals surface area contributed by atoms with Crippen molar-refractivity contribution in [2.75, 3.05) is 5.73 Å². The number of nitrogens with one attached hydrogen (secondary N) is 1. The van der Waals surface area contributed by atoms with E-state index < -0.39 is 0 Å². The lowest BCUT2D eigenvalue weighted by atomic mass is 10.0. The van der Waals surface area contributed by atoms with Gasteiger partial charge >= 0.3 is 0 Å². The summed E-state index contributed by atoms with van der Waals surface area (Å²) in [5, 5.41) is 7.80. The molecule has 0 atom stereocenters. The molecule has 2 aromatic heterocycles. The molecule has 5 heteroatoms. The van der Waals surface area contributed by atoms with E-state index in [2.05, 4.69) is 15.2 Å². The van der Waals surface area contributed by atoms with E-state index in [1.54, 1.807) is 12.4 Å². The lowest BCUT2D eigenvalue weighted by Crippen LogP contribution is -2.05. The summed E-state index contributed by atoms with van der Waals surface area (Å²) < 4.78 is 5.64. The van der Waals surface area contributed by atoms with Crippen LogP contribution < -0.4 is 10.5 Å². The molecule has 3 aromatic rings. The molecule has 0 aliphatic heterocycles. The van der Waals surface area contributed by atoms with Crippen LogP contribution in [0.4, 0.5) is 5.82 Å². The minimum atomic E-state index is 0.162. The van der Waals surface area contributed by atoms with Gasteiger partial charge in [-0.15, -0.1) is 0 Å². The van der Waals surface area contributed by atoms with Crippen molar-refractivity contribution in [3.8, 4) is 16.9 Å². The van der Waals surface area contributed by atoms with Crippen LogP contribution in [0.3, 0.4) is 0 Å². The molecule has 0 saturated carbocycles. The van der Waals surface area contributed by atoms with Crippen LogP contribution in [0.25, 0.3) is 22.0 Å². The molecule has 1 aromatic carbocycles. The minimum absolute atomic E-state index is 0.162. The van der Waals surface area contributed by atoms with Crippen molar-refractivity contribution in [2.24, 2.45) is 0 Å². The molecule has 20 heavy (non-hydrogen) atoms. The summed E-state index contributed by atoms with van der Waals surface area (Å²) in [7, 11) is 0. The van der Waals surface area contributed by atoms with Gasteiger partial charge in [0.1, 0.15) is 5.75 Å². The number of nitrogen functional groups attached to an aromatic ring is 1. The number of hydrogen-bond donors (Lipinski definition) is 2. The molecule has 0 radical (unpaired) electrons. The molecule has 0 amide bonds. The van der Waals surface area contributed by atoms with Crippen LogP contribution in [-0.2, 0) is 0 Å².